The van der Waals surface area contributed by atoms with Crippen molar-refractivity contribution < 1.29 is 33.6 Å². The zero-order valence-corrected chi connectivity index (χ0v) is 23.7. The minimum atomic E-state index is -0.679. The third-order valence-corrected chi connectivity index (χ3v) is 7.66. The van der Waals surface area contributed by atoms with Gasteiger partial charge in [-0.05, 0) is 50.5 Å². The molecule has 1 aromatic heterocycles. The molecule has 1 aliphatic rings. The molecule has 4 rings (SSSR count). The number of nitro benzene ring substituents is 1. The minimum absolute atomic E-state index is 0.0286. The van der Waals surface area contributed by atoms with Crippen molar-refractivity contribution in [3.05, 3.63) is 74.1 Å². The van der Waals surface area contributed by atoms with Gasteiger partial charge in [0.2, 0.25) is 5.91 Å². The first-order chi connectivity index (χ1) is 19.7. The van der Waals surface area contributed by atoms with Gasteiger partial charge in [0.1, 0.15) is 21.9 Å². The Morgan fingerprint density at radius 2 is 1.76 bits per heavy atom. The number of amides is 3. The lowest BCUT2D eigenvalue weighted by Gasteiger charge is -2.13. The van der Waals surface area contributed by atoms with Crippen LogP contribution in [0.25, 0.3) is 11.1 Å². The number of nitrogens with one attached hydrogen (secondary N) is 1. The Hall–Kier alpha value is -4.58. The predicted molar refractivity (Wildman–Crippen MR) is 153 cm³/mol. The summed E-state index contributed by atoms with van der Waals surface area (Å²) in [4.78, 5) is 63.3. The fourth-order valence-corrected chi connectivity index (χ4v) is 5.83. The minimum Gasteiger partial charge on any atom is -0.494 e. The summed E-state index contributed by atoms with van der Waals surface area (Å²) in [5.41, 5.74) is 1.22. The second-order valence-electron chi connectivity index (χ2n) is 9.26. The van der Waals surface area contributed by atoms with Crippen molar-refractivity contribution in [3.63, 3.8) is 0 Å². The van der Waals surface area contributed by atoms with Crippen molar-refractivity contribution in [1.82, 2.24) is 4.90 Å². The standard InChI is InChI=1S/C29H29N3O8S/c1-4-40-19-14-12-18(13-15-19)23-17(2)41-26(25(23)29(36)39-3)30-22(33)11-6-5-7-16-31-27(34)20-9-8-10-21(32(37)38)24(20)28(31)35/h8-10,12-15H,4-7,11,16H2,1-3H3,(H,30,33). The van der Waals surface area contributed by atoms with E-state index in [2.05, 4.69) is 5.32 Å². The van der Waals surface area contributed by atoms with Crippen LogP contribution in [0.15, 0.2) is 42.5 Å². The van der Waals surface area contributed by atoms with Gasteiger partial charge in [-0.2, -0.15) is 0 Å². The van der Waals surface area contributed by atoms with Gasteiger partial charge >= 0.3 is 5.97 Å². The smallest absolute Gasteiger partial charge is 0.341 e. The maximum Gasteiger partial charge on any atom is 0.341 e. The van der Waals surface area contributed by atoms with Gasteiger partial charge in [-0.15, -0.1) is 11.3 Å². The number of aryl methyl sites for hydroxylation is 1. The summed E-state index contributed by atoms with van der Waals surface area (Å²) in [6.45, 7) is 4.39. The lowest BCUT2D eigenvalue weighted by Crippen LogP contribution is -2.30. The van der Waals surface area contributed by atoms with Crippen LogP contribution >= 0.6 is 11.3 Å². The Labute approximate surface area is 240 Å². The summed E-state index contributed by atoms with van der Waals surface area (Å²) >= 11 is 1.29. The number of hydrogen-bond donors (Lipinski definition) is 1. The number of methoxy groups -OCH3 is 1. The van der Waals surface area contributed by atoms with E-state index in [0.29, 0.717) is 42.2 Å². The zero-order valence-electron chi connectivity index (χ0n) is 22.9. The topological polar surface area (TPSA) is 145 Å². The predicted octanol–water partition coefficient (Wildman–Crippen LogP) is 5.61. The molecule has 0 bridgehead atoms. The van der Waals surface area contributed by atoms with Crippen LogP contribution in [-0.2, 0) is 9.53 Å². The van der Waals surface area contributed by atoms with E-state index in [4.69, 9.17) is 9.47 Å². The maximum absolute atomic E-state index is 12.8. The molecule has 214 valence electrons. The number of fused-ring (bicyclic) bond motifs is 1. The van der Waals surface area contributed by atoms with E-state index in [9.17, 15) is 29.3 Å². The molecule has 3 aromatic rings. The molecule has 12 heteroatoms. The number of nitro groups is 1. The van der Waals surface area contributed by atoms with Crippen LogP contribution in [0.5, 0.6) is 5.75 Å². The highest BCUT2D eigenvalue weighted by Gasteiger charge is 2.40. The first-order valence-electron chi connectivity index (χ1n) is 13.1. The zero-order chi connectivity index (χ0) is 29.7. The van der Waals surface area contributed by atoms with E-state index >= 15 is 0 Å². The molecule has 1 aliphatic heterocycles. The number of rotatable bonds is 12. The second kappa shape index (κ2) is 12.7. The summed E-state index contributed by atoms with van der Waals surface area (Å²) in [6, 6.07) is 11.3. The molecule has 11 nitrogen and oxygen atoms in total. The average Bonchev–Trinajstić information content (AvgIpc) is 3.40. The SMILES string of the molecule is CCOc1ccc(-c2c(C)sc(NC(=O)CCCCCN3C(=O)c4cccc([N+](=O)[O-])c4C3=O)c2C(=O)OC)cc1. The Morgan fingerprint density at radius 3 is 2.41 bits per heavy atom. The number of carbonyl (C=O) groups is 4. The Bertz CT molecular complexity index is 1510. The van der Waals surface area contributed by atoms with Crippen molar-refractivity contribution >= 4 is 45.7 Å². The van der Waals surface area contributed by atoms with Crippen LogP contribution < -0.4 is 10.1 Å². The molecule has 2 aromatic carbocycles. The van der Waals surface area contributed by atoms with Gasteiger partial charge in [0.25, 0.3) is 17.5 Å². The number of nitrogens with zero attached hydrogens (tertiary/aromatic N) is 2. The number of unbranched alkanes of at least 4 members (excludes halogenated alkanes) is 2. The van der Waals surface area contributed by atoms with Gasteiger partial charge in [0, 0.05) is 29.5 Å². The molecule has 0 atom stereocenters. The van der Waals surface area contributed by atoms with E-state index in [1.54, 1.807) is 0 Å². The monoisotopic (exact) mass is 579 g/mol. The maximum atomic E-state index is 12.8. The van der Waals surface area contributed by atoms with Crippen molar-refractivity contribution in [3.8, 4) is 16.9 Å². The Kier molecular flexibility index (Phi) is 9.13. The van der Waals surface area contributed by atoms with Crippen molar-refractivity contribution in [2.45, 2.75) is 39.5 Å². The van der Waals surface area contributed by atoms with Crippen molar-refractivity contribution in [2.75, 3.05) is 25.6 Å². The molecular formula is C29H29N3O8S. The van der Waals surface area contributed by atoms with Gasteiger partial charge in [0.05, 0.1) is 24.2 Å². The molecule has 0 unspecified atom stereocenters. The normalized spacial score (nSPS) is 12.3. The number of hydrogen-bond acceptors (Lipinski definition) is 9. The first-order valence-corrected chi connectivity index (χ1v) is 13.9. The third kappa shape index (κ3) is 6.12. The molecule has 0 aliphatic carbocycles. The van der Waals surface area contributed by atoms with Crippen LogP contribution in [-0.4, -0.2) is 53.8 Å². The van der Waals surface area contributed by atoms with Gasteiger partial charge in [-0.3, -0.25) is 29.4 Å². The number of anilines is 1. The number of thiophene rings is 1. The van der Waals surface area contributed by atoms with Gasteiger partial charge in [0.15, 0.2) is 0 Å². The number of ether oxygens (including phenoxy) is 2. The first kappa shape index (κ1) is 29.4. The number of imide groups is 1. The van der Waals surface area contributed by atoms with Crippen molar-refractivity contribution in [1.29, 1.82) is 0 Å². The van der Waals surface area contributed by atoms with Crippen molar-refractivity contribution in [2.24, 2.45) is 0 Å². The molecular weight excluding hydrogens is 550 g/mol. The van der Waals surface area contributed by atoms with E-state index in [1.807, 2.05) is 38.1 Å². The lowest BCUT2D eigenvalue weighted by atomic mass is 10.0. The van der Waals surface area contributed by atoms with E-state index in [0.717, 1.165) is 15.3 Å². The molecule has 41 heavy (non-hydrogen) atoms. The van der Waals surface area contributed by atoms with Crippen LogP contribution in [0, 0.1) is 17.0 Å². The molecule has 0 radical (unpaired) electrons. The Balaban J connectivity index is 1.35. The Morgan fingerprint density at radius 1 is 1.02 bits per heavy atom. The van der Waals surface area contributed by atoms with E-state index in [-0.39, 0.29) is 41.3 Å². The highest BCUT2D eigenvalue weighted by molar-refractivity contribution is 7.17. The fourth-order valence-electron chi connectivity index (χ4n) is 4.75. The highest BCUT2D eigenvalue weighted by Crippen LogP contribution is 2.41. The van der Waals surface area contributed by atoms with Gasteiger partial charge < -0.3 is 14.8 Å². The molecule has 0 spiro atoms. The summed E-state index contributed by atoms with van der Waals surface area (Å²) in [5, 5.41) is 14.5. The average molecular weight is 580 g/mol. The largest absolute Gasteiger partial charge is 0.494 e. The molecule has 3 amide bonds. The summed E-state index contributed by atoms with van der Waals surface area (Å²) in [6.07, 6.45) is 1.59. The van der Waals surface area contributed by atoms with Gasteiger partial charge in [-0.25, -0.2) is 4.79 Å². The number of esters is 1. The van der Waals surface area contributed by atoms with Crippen LogP contribution in [0.4, 0.5) is 10.7 Å². The molecule has 1 N–H and O–H groups in total. The summed E-state index contributed by atoms with van der Waals surface area (Å²) in [7, 11) is 1.29. The number of carbonyl (C=O) groups excluding carboxylic acids is 4. The van der Waals surface area contributed by atoms with E-state index < -0.39 is 22.7 Å². The summed E-state index contributed by atoms with van der Waals surface area (Å²) < 4.78 is 10.5. The van der Waals surface area contributed by atoms with Gasteiger partial charge in [-0.1, -0.05) is 24.6 Å². The lowest BCUT2D eigenvalue weighted by molar-refractivity contribution is -0.385. The molecule has 0 saturated heterocycles. The van der Waals surface area contributed by atoms with Crippen LogP contribution in [0.2, 0.25) is 0 Å². The number of benzene rings is 2. The highest BCUT2D eigenvalue weighted by atomic mass is 32.1. The summed E-state index contributed by atoms with van der Waals surface area (Å²) in [5.74, 6) is -1.37. The molecule has 2 heterocycles. The van der Waals surface area contributed by atoms with E-state index in [1.165, 1.54) is 36.6 Å². The molecule has 0 fully saturated rings. The second-order valence-corrected chi connectivity index (χ2v) is 10.5. The molecule has 0 saturated carbocycles. The van der Waals surface area contributed by atoms with Crippen LogP contribution in [0.3, 0.4) is 0 Å². The third-order valence-electron chi connectivity index (χ3n) is 6.64. The quantitative estimate of drug-likeness (QED) is 0.0958. The fraction of sp³-hybridized carbons (Fsp3) is 0.310. The van der Waals surface area contributed by atoms with Crippen LogP contribution in [0.1, 0.15) is 68.6 Å².